The molecule has 0 fully saturated rings. The molecule has 1 rings (SSSR count). The second-order valence-electron chi connectivity index (χ2n) is 4.77. The van der Waals surface area contributed by atoms with Crippen molar-refractivity contribution in [3.63, 3.8) is 0 Å². The molecule has 0 radical (unpaired) electrons. The summed E-state index contributed by atoms with van der Waals surface area (Å²) in [5.41, 5.74) is -0.492. The smallest absolute Gasteiger partial charge is 0.264 e. The molecule has 1 nitrogen and oxygen atoms in total. The number of pyridine rings is 1. The zero-order chi connectivity index (χ0) is 11.7. The van der Waals surface area contributed by atoms with Crippen molar-refractivity contribution in [3.05, 3.63) is 29.6 Å². The number of aromatic nitrogens is 1. The van der Waals surface area contributed by atoms with Crippen molar-refractivity contribution in [2.24, 2.45) is 5.41 Å². The summed E-state index contributed by atoms with van der Waals surface area (Å²) < 4.78 is 37.8. The standard InChI is InChI=1S/C11H14F3N/c1-10(2,3)6-8-7-15-5-4-9(8)11(12,13)14/h4-5,7H,6H2,1-3H3. The Bertz CT molecular complexity index is 336. The summed E-state index contributed by atoms with van der Waals surface area (Å²) in [7, 11) is 0. The van der Waals surface area contributed by atoms with Crippen molar-refractivity contribution >= 4 is 0 Å². The molecule has 0 saturated heterocycles. The van der Waals surface area contributed by atoms with Gasteiger partial charge in [0.25, 0.3) is 0 Å². The zero-order valence-corrected chi connectivity index (χ0v) is 9.02. The third-order valence-corrected chi connectivity index (χ3v) is 1.93. The Morgan fingerprint density at radius 3 is 2.27 bits per heavy atom. The predicted octanol–water partition coefficient (Wildman–Crippen LogP) is 3.69. The second-order valence-corrected chi connectivity index (χ2v) is 4.77. The molecule has 84 valence electrons. The first-order valence-electron chi connectivity index (χ1n) is 4.70. The lowest BCUT2D eigenvalue weighted by Crippen LogP contribution is -2.15. The van der Waals surface area contributed by atoms with Gasteiger partial charge < -0.3 is 0 Å². The molecular formula is C11H14F3N. The van der Waals surface area contributed by atoms with Crippen LogP contribution in [0, 0.1) is 5.41 Å². The van der Waals surface area contributed by atoms with E-state index in [0.717, 1.165) is 6.07 Å². The minimum absolute atomic E-state index is 0.178. The van der Waals surface area contributed by atoms with Crippen molar-refractivity contribution in [1.29, 1.82) is 0 Å². The Kier molecular flexibility index (Phi) is 3.07. The normalized spacial score (nSPS) is 12.9. The van der Waals surface area contributed by atoms with E-state index >= 15 is 0 Å². The van der Waals surface area contributed by atoms with Crippen LogP contribution in [0.25, 0.3) is 0 Å². The molecular weight excluding hydrogens is 203 g/mol. The fourth-order valence-corrected chi connectivity index (χ4v) is 1.42. The zero-order valence-electron chi connectivity index (χ0n) is 9.02. The van der Waals surface area contributed by atoms with Crippen LogP contribution in [-0.4, -0.2) is 4.98 Å². The minimum atomic E-state index is -4.29. The maximum Gasteiger partial charge on any atom is 0.416 e. The van der Waals surface area contributed by atoms with Crippen LogP contribution in [0.3, 0.4) is 0 Å². The van der Waals surface area contributed by atoms with Gasteiger partial charge in [-0.05, 0) is 23.5 Å². The molecule has 1 aromatic heterocycles. The highest BCUT2D eigenvalue weighted by Gasteiger charge is 2.33. The average molecular weight is 217 g/mol. The van der Waals surface area contributed by atoms with Crippen LogP contribution in [0.2, 0.25) is 0 Å². The van der Waals surface area contributed by atoms with Crippen LogP contribution < -0.4 is 0 Å². The van der Waals surface area contributed by atoms with Crippen molar-refractivity contribution in [3.8, 4) is 0 Å². The number of hydrogen-bond donors (Lipinski definition) is 0. The molecule has 0 saturated carbocycles. The van der Waals surface area contributed by atoms with Crippen LogP contribution in [0.5, 0.6) is 0 Å². The molecule has 1 aromatic rings. The van der Waals surface area contributed by atoms with Crippen LogP contribution in [0.4, 0.5) is 13.2 Å². The molecule has 1 heterocycles. The lowest BCUT2D eigenvalue weighted by molar-refractivity contribution is -0.138. The first-order valence-corrected chi connectivity index (χ1v) is 4.70. The Morgan fingerprint density at radius 1 is 1.20 bits per heavy atom. The van der Waals surface area contributed by atoms with E-state index in [-0.39, 0.29) is 11.0 Å². The molecule has 0 N–H and O–H groups in total. The third-order valence-electron chi connectivity index (χ3n) is 1.93. The summed E-state index contributed by atoms with van der Waals surface area (Å²) in [6.07, 6.45) is -1.44. The monoisotopic (exact) mass is 217 g/mol. The van der Waals surface area contributed by atoms with Crippen LogP contribution in [0.15, 0.2) is 18.5 Å². The lowest BCUT2D eigenvalue weighted by Gasteiger charge is -2.20. The topological polar surface area (TPSA) is 12.9 Å². The number of rotatable bonds is 1. The Hall–Kier alpha value is -1.06. The third kappa shape index (κ3) is 3.53. The SMILES string of the molecule is CC(C)(C)Cc1cnccc1C(F)(F)F. The van der Waals surface area contributed by atoms with Gasteiger partial charge in [-0.25, -0.2) is 0 Å². The molecule has 0 spiro atoms. The van der Waals surface area contributed by atoms with Gasteiger partial charge in [0.2, 0.25) is 0 Å². The van der Waals surface area contributed by atoms with E-state index in [4.69, 9.17) is 0 Å². The number of halogens is 3. The van der Waals surface area contributed by atoms with Crippen molar-refractivity contribution in [1.82, 2.24) is 4.98 Å². The quantitative estimate of drug-likeness (QED) is 0.699. The predicted molar refractivity (Wildman–Crippen MR) is 52.4 cm³/mol. The second kappa shape index (κ2) is 3.83. The first kappa shape index (κ1) is 12.0. The molecule has 0 unspecified atom stereocenters. The van der Waals surface area contributed by atoms with Gasteiger partial charge in [0.15, 0.2) is 0 Å². The highest BCUT2D eigenvalue weighted by molar-refractivity contribution is 5.27. The molecule has 0 amide bonds. The van der Waals surface area contributed by atoms with Gasteiger partial charge in [0, 0.05) is 12.4 Å². The van der Waals surface area contributed by atoms with Gasteiger partial charge in [-0.2, -0.15) is 13.2 Å². The molecule has 0 atom stereocenters. The molecule has 0 bridgehead atoms. The van der Waals surface area contributed by atoms with Gasteiger partial charge in [-0.1, -0.05) is 20.8 Å². The Balaban J connectivity index is 3.08. The Morgan fingerprint density at radius 2 is 1.80 bits per heavy atom. The van der Waals surface area contributed by atoms with Crippen LogP contribution in [-0.2, 0) is 12.6 Å². The summed E-state index contributed by atoms with van der Waals surface area (Å²) in [6, 6.07) is 1.03. The summed E-state index contributed by atoms with van der Waals surface area (Å²) in [4.78, 5) is 3.74. The van der Waals surface area contributed by atoms with Crippen molar-refractivity contribution in [2.75, 3.05) is 0 Å². The van der Waals surface area contributed by atoms with Gasteiger partial charge in [0.05, 0.1) is 5.56 Å². The maximum absolute atomic E-state index is 12.6. The molecule has 0 aliphatic carbocycles. The Labute approximate surface area is 87.3 Å². The summed E-state index contributed by atoms with van der Waals surface area (Å²) >= 11 is 0. The highest BCUT2D eigenvalue weighted by atomic mass is 19.4. The van der Waals surface area contributed by atoms with E-state index < -0.39 is 11.7 Å². The van der Waals surface area contributed by atoms with E-state index in [1.165, 1.54) is 12.4 Å². The van der Waals surface area contributed by atoms with E-state index in [2.05, 4.69) is 4.98 Å². The first-order chi connectivity index (χ1) is 6.70. The molecule has 0 aliphatic rings. The van der Waals surface area contributed by atoms with Crippen LogP contribution >= 0.6 is 0 Å². The molecule has 15 heavy (non-hydrogen) atoms. The molecule has 0 aromatic carbocycles. The van der Waals surface area contributed by atoms with Gasteiger partial charge in [-0.15, -0.1) is 0 Å². The fourth-order valence-electron chi connectivity index (χ4n) is 1.42. The largest absolute Gasteiger partial charge is 0.416 e. The number of alkyl halides is 3. The fraction of sp³-hybridized carbons (Fsp3) is 0.545. The summed E-state index contributed by atoms with van der Waals surface area (Å²) in [6.45, 7) is 5.71. The van der Waals surface area contributed by atoms with Gasteiger partial charge in [0.1, 0.15) is 0 Å². The van der Waals surface area contributed by atoms with E-state index in [1.807, 2.05) is 20.8 Å². The molecule has 4 heteroatoms. The van der Waals surface area contributed by atoms with Crippen molar-refractivity contribution in [2.45, 2.75) is 33.4 Å². The van der Waals surface area contributed by atoms with Crippen LogP contribution in [0.1, 0.15) is 31.9 Å². The van der Waals surface area contributed by atoms with Crippen molar-refractivity contribution < 1.29 is 13.2 Å². The number of nitrogens with zero attached hydrogens (tertiary/aromatic N) is 1. The van der Waals surface area contributed by atoms with E-state index in [9.17, 15) is 13.2 Å². The van der Waals surface area contributed by atoms with Gasteiger partial charge >= 0.3 is 6.18 Å². The summed E-state index contributed by atoms with van der Waals surface area (Å²) in [5, 5.41) is 0. The maximum atomic E-state index is 12.6. The minimum Gasteiger partial charge on any atom is -0.264 e. The summed E-state index contributed by atoms with van der Waals surface area (Å²) in [5.74, 6) is 0. The van der Waals surface area contributed by atoms with E-state index in [1.54, 1.807) is 0 Å². The van der Waals surface area contributed by atoms with E-state index in [0.29, 0.717) is 6.42 Å². The molecule has 0 aliphatic heterocycles. The number of hydrogen-bond acceptors (Lipinski definition) is 1. The highest BCUT2D eigenvalue weighted by Crippen LogP contribution is 2.34. The average Bonchev–Trinajstić information content (AvgIpc) is 1.99. The van der Waals surface area contributed by atoms with Gasteiger partial charge in [-0.3, -0.25) is 4.98 Å². The lowest BCUT2D eigenvalue weighted by atomic mass is 9.87.